The van der Waals surface area contributed by atoms with Crippen molar-refractivity contribution in [3.8, 4) is 0 Å². The molecule has 170 valence electrons. The van der Waals surface area contributed by atoms with Gasteiger partial charge in [0.05, 0.1) is 18.7 Å². The fourth-order valence-corrected chi connectivity index (χ4v) is 3.87. The molecule has 0 saturated heterocycles. The molecule has 4 nitrogen and oxygen atoms in total. The van der Waals surface area contributed by atoms with Crippen LogP contribution in [0.5, 0.6) is 0 Å². The van der Waals surface area contributed by atoms with Crippen molar-refractivity contribution in [1.29, 1.82) is 0 Å². The molecule has 1 aromatic carbocycles. The second-order valence-electron chi connectivity index (χ2n) is 9.48. The molecule has 0 fully saturated rings. The maximum absolute atomic E-state index is 11.8. The van der Waals surface area contributed by atoms with Gasteiger partial charge in [0.1, 0.15) is 0 Å². The molecule has 30 heavy (non-hydrogen) atoms. The average Bonchev–Trinajstić information content (AvgIpc) is 2.65. The highest BCUT2D eigenvalue weighted by molar-refractivity contribution is 5.82. The van der Waals surface area contributed by atoms with Gasteiger partial charge in [-0.15, -0.1) is 0 Å². The van der Waals surface area contributed by atoms with E-state index in [4.69, 9.17) is 4.74 Å². The Bertz CT molecular complexity index is 690. The Morgan fingerprint density at radius 1 is 0.967 bits per heavy atom. The predicted molar refractivity (Wildman–Crippen MR) is 125 cm³/mol. The molecule has 0 aliphatic carbocycles. The van der Waals surface area contributed by atoms with E-state index in [9.17, 15) is 10.0 Å². The van der Waals surface area contributed by atoms with Gasteiger partial charge in [0.2, 0.25) is 0 Å². The van der Waals surface area contributed by atoms with Gasteiger partial charge in [0.15, 0.2) is 0 Å². The number of carbonyl (C=O) groups is 1. The minimum Gasteiger partial charge on any atom is -0.463 e. The molecule has 0 heterocycles. The molecule has 4 heteroatoms. The minimum atomic E-state index is -0.378. The van der Waals surface area contributed by atoms with Crippen LogP contribution in [0, 0.1) is 5.92 Å². The summed E-state index contributed by atoms with van der Waals surface area (Å²) >= 11 is 0. The first kappa shape index (κ1) is 26.4. The van der Waals surface area contributed by atoms with Crippen LogP contribution in [0.3, 0.4) is 0 Å². The van der Waals surface area contributed by atoms with Gasteiger partial charge in [-0.3, -0.25) is 0 Å². The van der Waals surface area contributed by atoms with Crippen LogP contribution < -0.4 is 0 Å². The molecule has 0 aromatic heterocycles. The summed E-state index contributed by atoms with van der Waals surface area (Å²) in [7, 11) is 0. The summed E-state index contributed by atoms with van der Waals surface area (Å²) in [5, 5.41) is 12.7. The second kappa shape index (κ2) is 11.7. The summed E-state index contributed by atoms with van der Waals surface area (Å²) in [5.41, 5.74) is 5.11. The lowest BCUT2D eigenvalue weighted by Crippen LogP contribution is -2.38. The van der Waals surface area contributed by atoms with Crippen LogP contribution >= 0.6 is 0 Å². The standard InChI is InChI=1S/C26H43NO3/c1-11-30-25(28)13-12-24(19(8)9)27(29)20(10)26-22(17(4)5)14-21(16(2)3)15-23(26)18(6)7/h12-20,24,29H,11H2,1-10H3/b13-12+/t20-,24+/m0/s1. The summed E-state index contributed by atoms with van der Waals surface area (Å²) in [5.74, 6) is 0.893. The molecule has 0 bridgehead atoms. The molecule has 2 atom stereocenters. The van der Waals surface area contributed by atoms with Gasteiger partial charge in [-0.2, -0.15) is 5.06 Å². The maximum atomic E-state index is 11.8. The molecule has 1 aromatic rings. The van der Waals surface area contributed by atoms with Crippen LogP contribution in [0.1, 0.15) is 115 Å². The van der Waals surface area contributed by atoms with Crippen molar-refractivity contribution in [1.82, 2.24) is 5.06 Å². The van der Waals surface area contributed by atoms with Crippen LogP contribution in [0.2, 0.25) is 0 Å². The van der Waals surface area contributed by atoms with Crippen LogP contribution in [0.15, 0.2) is 24.3 Å². The first-order chi connectivity index (χ1) is 13.9. The zero-order valence-electron chi connectivity index (χ0n) is 20.7. The van der Waals surface area contributed by atoms with Crippen molar-refractivity contribution in [3.63, 3.8) is 0 Å². The topological polar surface area (TPSA) is 49.8 Å². The number of rotatable bonds is 10. The Balaban J connectivity index is 3.47. The lowest BCUT2D eigenvalue weighted by molar-refractivity contribution is -0.155. The molecule has 1 N–H and O–H groups in total. The van der Waals surface area contributed by atoms with E-state index in [1.807, 2.05) is 13.8 Å². The van der Waals surface area contributed by atoms with E-state index < -0.39 is 0 Å². The normalized spacial score (nSPS) is 14.5. The van der Waals surface area contributed by atoms with Crippen molar-refractivity contribution >= 4 is 5.97 Å². The monoisotopic (exact) mass is 417 g/mol. The Morgan fingerprint density at radius 3 is 1.83 bits per heavy atom. The smallest absolute Gasteiger partial charge is 0.330 e. The molecule has 0 unspecified atom stereocenters. The number of hydrogen-bond donors (Lipinski definition) is 1. The lowest BCUT2D eigenvalue weighted by Gasteiger charge is -2.35. The second-order valence-corrected chi connectivity index (χ2v) is 9.48. The number of ether oxygens (including phenoxy) is 1. The van der Waals surface area contributed by atoms with Crippen molar-refractivity contribution in [3.05, 3.63) is 46.5 Å². The van der Waals surface area contributed by atoms with E-state index in [-0.39, 0.29) is 24.0 Å². The van der Waals surface area contributed by atoms with Gasteiger partial charge in [-0.25, -0.2) is 4.79 Å². The van der Waals surface area contributed by atoms with Crippen LogP contribution in [0.4, 0.5) is 0 Å². The largest absolute Gasteiger partial charge is 0.463 e. The first-order valence-corrected chi connectivity index (χ1v) is 11.4. The van der Waals surface area contributed by atoms with Crippen molar-refractivity contribution in [2.75, 3.05) is 6.61 Å². The first-order valence-electron chi connectivity index (χ1n) is 11.4. The van der Waals surface area contributed by atoms with Crippen LogP contribution in [0.25, 0.3) is 0 Å². The van der Waals surface area contributed by atoms with Gasteiger partial charge in [0.25, 0.3) is 0 Å². The molecule has 0 radical (unpaired) electrons. The van der Waals surface area contributed by atoms with Gasteiger partial charge in [-0.05, 0) is 59.8 Å². The van der Waals surface area contributed by atoms with Crippen LogP contribution in [-0.2, 0) is 9.53 Å². The number of hydrogen-bond acceptors (Lipinski definition) is 4. The van der Waals surface area contributed by atoms with E-state index in [1.165, 1.54) is 33.4 Å². The highest BCUT2D eigenvalue weighted by atomic mass is 16.5. The van der Waals surface area contributed by atoms with Crippen molar-refractivity contribution in [2.45, 2.75) is 99.1 Å². The molecule has 0 aliphatic heterocycles. The molecular weight excluding hydrogens is 374 g/mol. The van der Waals surface area contributed by atoms with Gasteiger partial charge in [0, 0.05) is 6.08 Å². The highest BCUT2D eigenvalue weighted by Gasteiger charge is 2.29. The molecule has 0 amide bonds. The number of benzene rings is 1. The van der Waals surface area contributed by atoms with Crippen molar-refractivity contribution in [2.24, 2.45) is 5.92 Å². The third kappa shape index (κ3) is 6.68. The van der Waals surface area contributed by atoms with Gasteiger partial charge >= 0.3 is 5.97 Å². The SMILES string of the molecule is CCOC(=O)/C=C/[C@H](C(C)C)N(O)[C@@H](C)c1c(C(C)C)cc(C(C)C)cc1C(C)C. The maximum Gasteiger partial charge on any atom is 0.330 e. The zero-order valence-corrected chi connectivity index (χ0v) is 20.7. The summed E-state index contributed by atoms with van der Waals surface area (Å²) < 4.78 is 5.01. The number of hydroxylamine groups is 2. The fraction of sp³-hybridized carbons (Fsp3) is 0.654. The Labute approximate surface area is 184 Å². The Kier molecular flexibility index (Phi) is 10.3. The van der Waals surface area contributed by atoms with E-state index in [2.05, 4.69) is 60.6 Å². The quantitative estimate of drug-likeness (QED) is 0.254. The summed E-state index contributed by atoms with van der Waals surface area (Å²) in [6.45, 7) is 21.6. The predicted octanol–water partition coefficient (Wildman–Crippen LogP) is 6.95. The molecular formula is C26H43NO3. The number of nitrogens with zero attached hydrogens (tertiary/aromatic N) is 1. The molecule has 0 aliphatic rings. The van der Waals surface area contributed by atoms with E-state index in [0.29, 0.717) is 24.4 Å². The third-order valence-electron chi connectivity index (χ3n) is 5.70. The summed E-state index contributed by atoms with van der Waals surface area (Å²) in [6.07, 6.45) is 3.18. The summed E-state index contributed by atoms with van der Waals surface area (Å²) in [4.78, 5) is 11.8. The minimum absolute atomic E-state index is 0.128. The van der Waals surface area contributed by atoms with E-state index >= 15 is 0 Å². The van der Waals surface area contributed by atoms with E-state index in [0.717, 1.165) is 0 Å². The molecule has 0 spiro atoms. The zero-order chi connectivity index (χ0) is 23.2. The lowest BCUT2D eigenvalue weighted by atomic mass is 9.81. The summed E-state index contributed by atoms with van der Waals surface area (Å²) in [6, 6.07) is 4.11. The highest BCUT2D eigenvalue weighted by Crippen LogP contribution is 2.38. The van der Waals surface area contributed by atoms with Gasteiger partial charge in [-0.1, -0.05) is 73.6 Å². The number of esters is 1. The number of carbonyl (C=O) groups excluding carboxylic acids is 1. The van der Waals surface area contributed by atoms with Gasteiger partial charge < -0.3 is 9.94 Å². The Morgan fingerprint density at radius 2 is 1.47 bits per heavy atom. The average molecular weight is 418 g/mol. The van der Waals surface area contributed by atoms with Crippen LogP contribution in [-0.4, -0.2) is 28.9 Å². The Hall–Kier alpha value is -1.65. The molecule has 0 saturated carbocycles. The molecule has 1 rings (SSSR count). The third-order valence-corrected chi connectivity index (χ3v) is 5.70. The van der Waals surface area contributed by atoms with Crippen molar-refractivity contribution < 1.29 is 14.7 Å². The van der Waals surface area contributed by atoms with E-state index in [1.54, 1.807) is 13.0 Å². The fourth-order valence-electron chi connectivity index (χ4n) is 3.87.